The second-order valence-electron chi connectivity index (χ2n) is 3.41. The van der Waals surface area contributed by atoms with Crippen LogP contribution in [0.1, 0.15) is 16.8 Å². The Morgan fingerprint density at radius 1 is 1.50 bits per heavy atom. The van der Waals surface area contributed by atoms with Gasteiger partial charge in [-0.2, -0.15) is 0 Å². The Morgan fingerprint density at radius 3 is 2.67 bits per heavy atom. The number of phenols is 1. The van der Waals surface area contributed by atoms with Gasteiger partial charge in [0.15, 0.2) is 0 Å². The van der Waals surface area contributed by atoms with Gasteiger partial charge in [-0.3, -0.25) is 4.79 Å². The fourth-order valence-electron chi connectivity index (χ4n) is 1.29. The predicted octanol–water partition coefficient (Wildman–Crippen LogP) is 0.738. The molecule has 0 aliphatic heterocycles. The summed E-state index contributed by atoms with van der Waals surface area (Å²) >= 11 is 0. The van der Waals surface area contributed by atoms with E-state index in [0.717, 1.165) is 12.1 Å². The molecule has 1 rings (SSSR count). The van der Waals surface area contributed by atoms with Crippen LogP contribution in [0.5, 0.6) is 5.75 Å². The smallest absolute Gasteiger partial charge is 0.327 e. The SMILES string of the molecule is C#CCC(NC(=O)c1c(O)cccc1F)C(=O)O. The zero-order valence-electron chi connectivity index (χ0n) is 9.18. The van der Waals surface area contributed by atoms with Crippen molar-refractivity contribution in [3.05, 3.63) is 29.6 Å². The lowest BCUT2D eigenvalue weighted by atomic mass is 10.1. The third-order valence-corrected chi connectivity index (χ3v) is 2.14. The van der Waals surface area contributed by atoms with Crippen LogP contribution in [0.25, 0.3) is 0 Å². The summed E-state index contributed by atoms with van der Waals surface area (Å²) in [7, 11) is 0. The summed E-state index contributed by atoms with van der Waals surface area (Å²) in [5.41, 5.74) is -0.610. The van der Waals surface area contributed by atoms with E-state index in [0.29, 0.717) is 0 Å². The Labute approximate surface area is 102 Å². The molecule has 3 N–H and O–H groups in total. The van der Waals surface area contributed by atoms with Gasteiger partial charge >= 0.3 is 5.97 Å². The van der Waals surface area contributed by atoms with Gasteiger partial charge in [-0.25, -0.2) is 9.18 Å². The number of aliphatic carboxylic acids is 1. The molecule has 0 aliphatic carbocycles. The first kappa shape index (κ1) is 13.5. The molecule has 1 unspecified atom stereocenters. The fraction of sp³-hybridized carbons (Fsp3) is 0.167. The number of carboxylic acids is 1. The van der Waals surface area contributed by atoms with E-state index in [1.165, 1.54) is 6.07 Å². The largest absolute Gasteiger partial charge is 0.507 e. The molecule has 5 nitrogen and oxygen atoms in total. The van der Waals surface area contributed by atoms with E-state index in [-0.39, 0.29) is 6.42 Å². The summed E-state index contributed by atoms with van der Waals surface area (Å²) in [5, 5.41) is 20.2. The average Bonchev–Trinajstić information content (AvgIpc) is 2.28. The van der Waals surface area contributed by atoms with E-state index in [1.807, 2.05) is 5.32 Å². The fourth-order valence-corrected chi connectivity index (χ4v) is 1.29. The van der Waals surface area contributed by atoms with Crippen molar-refractivity contribution in [3.63, 3.8) is 0 Å². The van der Waals surface area contributed by atoms with Crippen LogP contribution in [0.15, 0.2) is 18.2 Å². The molecule has 0 heterocycles. The van der Waals surface area contributed by atoms with Crippen molar-refractivity contribution in [2.75, 3.05) is 0 Å². The Bertz CT molecular complexity index is 501. The molecule has 0 saturated carbocycles. The second-order valence-corrected chi connectivity index (χ2v) is 3.41. The third-order valence-electron chi connectivity index (χ3n) is 2.14. The highest BCUT2D eigenvalue weighted by Gasteiger charge is 2.23. The number of hydrogen-bond acceptors (Lipinski definition) is 3. The number of carbonyl (C=O) groups excluding carboxylic acids is 1. The molecule has 0 radical (unpaired) electrons. The van der Waals surface area contributed by atoms with Gasteiger partial charge in [-0.1, -0.05) is 6.07 Å². The Hall–Kier alpha value is -2.55. The zero-order chi connectivity index (χ0) is 13.7. The number of nitrogens with one attached hydrogen (secondary N) is 1. The molecule has 94 valence electrons. The summed E-state index contributed by atoms with van der Waals surface area (Å²) in [6.07, 6.45) is 4.71. The average molecular weight is 251 g/mol. The van der Waals surface area contributed by atoms with E-state index in [4.69, 9.17) is 11.5 Å². The van der Waals surface area contributed by atoms with Gasteiger partial charge in [-0.05, 0) is 12.1 Å². The molecule has 0 saturated heterocycles. The van der Waals surface area contributed by atoms with Crippen LogP contribution in [-0.2, 0) is 4.79 Å². The van der Waals surface area contributed by atoms with Crippen molar-refractivity contribution in [1.82, 2.24) is 5.32 Å². The topological polar surface area (TPSA) is 86.6 Å². The Morgan fingerprint density at radius 2 is 2.17 bits per heavy atom. The summed E-state index contributed by atoms with van der Waals surface area (Å²) in [4.78, 5) is 22.4. The van der Waals surface area contributed by atoms with Crippen LogP contribution in [0.3, 0.4) is 0 Å². The number of aromatic hydroxyl groups is 1. The number of halogens is 1. The Balaban J connectivity index is 2.95. The first-order valence-electron chi connectivity index (χ1n) is 4.92. The third kappa shape index (κ3) is 2.98. The second kappa shape index (κ2) is 5.68. The molecule has 1 aromatic carbocycles. The molecule has 0 aliphatic rings. The lowest BCUT2D eigenvalue weighted by Crippen LogP contribution is -2.40. The quantitative estimate of drug-likeness (QED) is 0.689. The van der Waals surface area contributed by atoms with Crippen LogP contribution >= 0.6 is 0 Å². The lowest BCUT2D eigenvalue weighted by Gasteiger charge is -2.12. The highest BCUT2D eigenvalue weighted by molar-refractivity contribution is 5.99. The van der Waals surface area contributed by atoms with E-state index in [2.05, 4.69) is 5.92 Å². The normalized spacial score (nSPS) is 11.3. The number of carboxylic acid groups (broad SMARTS) is 1. The standard InChI is InChI=1S/C12H10FNO4/c1-2-4-8(12(17)18)14-11(16)10-7(13)5-3-6-9(10)15/h1,3,5-6,8,15H,4H2,(H,14,16)(H,17,18). The van der Waals surface area contributed by atoms with Gasteiger partial charge in [0.2, 0.25) is 0 Å². The molecular weight excluding hydrogens is 241 g/mol. The van der Waals surface area contributed by atoms with Crippen LogP contribution in [-0.4, -0.2) is 28.1 Å². The molecule has 0 bridgehead atoms. The number of rotatable bonds is 4. The zero-order valence-corrected chi connectivity index (χ0v) is 9.18. The van der Waals surface area contributed by atoms with E-state index < -0.39 is 35.0 Å². The van der Waals surface area contributed by atoms with Gasteiger partial charge in [0, 0.05) is 6.42 Å². The molecule has 0 spiro atoms. The van der Waals surface area contributed by atoms with E-state index >= 15 is 0 Å². The Kier molecular flexibility index (Phi) is 4.27. The molecular formula is C12H10FNO4. The van der Waals surface area contributed by atoms with Crippen LogP contribution in [0, 0.1) is 18.2 Å². The van der Waals surface area contributed by atoms with Gasteiger partial charge in [0.05, 0.1) is 0 Å². The van der Waals surface area contributed by atoms with Crippen molar-refractivity contribution in [2.45, 2.75) is 12.5 Å². The minimum Gasteiger partial charge on any atom is -0.507 e. The van der Waals surface area contributed by atoms with Gasteiger partial charge in [0.25, 0.3) is 5.91 Å². The molecule has 1 atom stereocenters. The number of benzene rings is 1. The van der Waals surface area contributed by atoms with Crippen LogP contribution in [0.4, 0.5) is 4.39 Å². The molecule has 1 amide bonds. The van der Waals surface area contributed by atoms with Crippen LogP contribution < -0.4 is 5.32 Å². The molecule has 18 heavy (non-hydrogen) atoms. The minimum atomic E-state index is -1.34. The van der Waals surface area contributed by atoms with Crippen LogP contribution in [0.2, 0.25) is 0 Å². The summed E-state index contributed by atoms with van der Waals surface area (Å²) < 4.78 is 13.3. The van der Waals surface area contributed by atoms with Crippen molar-refractivity contribution in [2.24, 2.45) is 0 Å². The first-order chi connectivity index (χ1) is 8.47. The predicted molar refractivity (Wildman–Crippen MR) is 60.4 cm³/mol. The van der Waals surface area contributed by atoms with Gasteiger partial charge < -0.3 is 15.5 Å². The van der Waals surface area contributed by atoms with E-state index in [9.17, 15) is 19.1 Å². The van der Waals surface area contributed by atoms with Crippen molar-refractivity contribution in [1.29, 1.82) is 0 Å². The number of terminal acetylenes is 1. The summed E-state index contributed by atoms with van der Waals surface area (Å²) in [6, 6.07) is 1.99. The highest BCUT2D eigenvalue weighted by Crippen LogP contribution is 2.19. The number of amides is 1. The molecule has 1 aromatic rings. The molecule has 0 fully saturated rings. The molecule has 0 aromatic heterocycles. The maximum atomic E-state index is 13.3. The maximum absolute atomic E-state index is 13.3. The summed E-state index contributed by atoms with van der Waals surface area (Å²) in [6.45, 7) is 0. The van der Waals surface area contributed by atoms with Gasteiger partial charge in [-0.15, -0.1) is 12.3 Å². The monoisotopic (exact) mass is 251 g/mol. The van der Waals surface area contributed by atoms with Crippen molar-refractivity contribution in [3.8, 4) is 18.1 Å². The highest BCUT2D eigenvalue weighted by atomic mass is 19.1. The number of carbonyl (C=O) groups is 2. The maximum Gasteiger partial charge on any atom is 0.327 e. The molecule has 6 heteroatoms. The minimum absolute atomic E-state index is 0.240. The summed E-state index contributed by atoms with van der Waals surface area (Å²) in [5.74, 6) is -1.81. The number of hydrogen-bond donors (Lipinski definition) is 3. The number of phenolic OH excluding ortho intramolecular Hbond substituents is 1. The van der Waals surface area contributed by atoms with E-state index in [1.54, 1.807) is 0 Å². The first-order valence-corrected chi connectivity index (χ1v) is 4.92. The lowest BCUT2D eigenvalue weighted by molar-refractivity contribution is -0.139. The van der Waals surface area contributed by atoms with Crippen molar-refractivity contribution < 1.29 is 24.2 Å². The van der Waals surface area contributed by atoms with Gasteiger partial charge in [0.1, 0.15) is 23.2 Å². The van der Waals surface area contributed by atoms with Crippen molar-refractivity contribution >= 4 is 11.9 Å².